The second-order valence-corrected chi connectivity index (χ2v) is 5.83. The SMILES string of the molecule is Cc1cc(Cl)ccc1NC(=S)Nc1ccc(Cl)c(Cl)c1. The molecule has 0 fully saturated rings. The molecule has 0 aliphatic carbocycles. The number of anilines is 2. The van der Waals surface area contributed by atoms with E-state index >= 15 is 0 Å². The van der Waals surface area contributed by atoms with E-state index in [1.165, 1.54) is 0 Å². The Labute approximate surface area is 138 Å². The lowest BCUT2D eigenvalue weighted by molar-refractivity contribution is 1.45. The first kappa shape index (κ1) is 15.4. The van der Waals surface area contributed by atoms with Crippen LogP contribution in [0.2, 0.25) is 15.1 Å². The van der Waals surface area contributed by atoms with E-state index in [-0.39, 0.29) is 0 Å². The smallest absolute Gasteiger partial charge is 0.175 e. The average Bonchev–Trinajstić information content (AvgIpc) is 2.37. The second kappa shape index (κ2) is 6.64. The lowest BCUT2D eigenvalue weighted by Gasteiger charge is -2.13. The molecule has 0 saturated carbocycles. The van der Waals surface area contributed by atoms with Crippen LogP contribution in [-0.4, -0.2) is 5.11 Å². The highest BCUT2D eigenvalue weighted by Crippen LogP contribution is 2.25. The van der Waals surface area contributed by atoms with Crippen LogP contribution in [0, 0.1) is 6.92 Å². The number of benzene rings is 2. The van der Waals surface area contributed by atoms with Crippen LogP contribution < -0.4 is 10.6 Å². The number of thiocarbonyl (C=S) groups is 1. The highest BCUT2D eigenvalue weighted by molar-refractivity contribution is 7.80. The summed E-state index contributed by atoms with van der Waals surface area (Å²) in [4.78, 5) is 0. The molecule has 0 saturated heterocycles. The first-order valence-corrected chi connectivity index (χ1v) is 7.29. The fraction of sp³-hybridized carbons (Fsp3) is 0.0714. The van der Waals surface area contributed by atoms with Crippen LogP contribution in [0.1, 0.15) is 5.56 Å². The van der Waals surface area contributed by atoms with Gasteiger partial charge in [0.2, 0.25) is 0 Å². The Hall–Kier alpha value is -1.000. The normalized spacial score (nSPS) is 10.2. The van der Waals surface area contributed by atoms with Gasteiger partial charge < -0.3 is 10.6 Å². The molecular weight excluding hydrogens is 335 g/mol. The Morgan fingerprint density at radius 2 is 1.70 bits per heavy atom. The Morgan fingerprint density at radius 3 is 2.35 bits per heavy atom. The van der Waals surface area contributed by atoms with E-state index in [1.54, 1.807) is 24.3 Å². The summed E-state index contributed by atoms with van der Waals surface area (Å²) in [6.07, 6.45) is 0. The van der Waals surface area contributed by atoms with Crippen molar-refractivity contribution in [1.82, 2.24) is 0 Å². The molecule has 0 amide bonds. The third kappa shape index (κ3) is 4.00. The summed E-state index contributed by atoms with van der Waals surface area (Å²) in [6.45, 7) is 1.95. The predicted molar refractivity (Wildman–Crippen MR) is 92.5 cm³/mol. The summed E-state index contributed by atoms with van der Waals surface area (Å²) in [5.74, 6) is 0. The zero-order valence-electron chi connectivity index (χ0n) is 10.5. The maximum atomic E-state index is 5.95. The molecule has 20 heavy (non-hydrogen) atoms. The van der Waals surface area contributed by atoms with Crippen molar-refractivity contribution in [2.45, 2.75) is 6.92 Å². The molecule has 0 bridgehead atoms. The van der Waals surface area contributed by atoms with Gasteiger partial charge in [0.25, 0.3) is 0 Å². The molecule has 0 atom stereocenters. The zero-order chi connectivity index (χ0) is 14.7. The summed E-state index contributed by atoms with van der Waals surface area (Å²) in [5.41, 5.74) is 2.67. The van der Waals surface area contributed by atoms with E-state index in [0.717, 1.165) is 16.9 Å². The highest BCUT2D eigenvalue weighted by atomic mass is 35.5. The molecule has 2 nitrogen and oxygen atoms in total. The zero-order valence-corrected chi connectivity index (χ0v) is 13.6. The Balaban J connectivity index is 2.07. The Kier molecular flexibility index (Phi) is 5.11. The lowest BCUT2D eigenvalue weighted by atomic mass is 10.2. The van der Waals surface area contributed by atoms with E-state index in [4.69, 9.17) is 47.0 Å². The fourth-order valence-corrected chi connectivity index (χ4v) is 2.38. The van der Waals surface area contributed by atoms with E-state index in [1.807, 2.05) is 19.1 Å². The van der Waals surface area contributed by atoms with Crippen LogP contribution in [0.3, 0.4) is 0 Å². The van der Waals surface area contributed by atoms with Crippen molar-refractivity contribution in [3.63, 3.8) is 0 Å². The number of halogens is 3. The molecule has 2 rings (SSSR count). The van der Waals surface area contributed by atoms with Crippen LogP contribution in [0.25, 0.3) is 0 Å². The van der Waals surface area contributed by atoms with E-state index < -0.39 is 0 Å². The van der Waals surface area contributed by atoms with E-state index in [0.29, 0.717) is 20.2 Å². The maximum absolute atomic E-state index is 5.95. The second-order valence-electron chi connectivity index (χ2n) is 4.17. The number of rotatable bonds is 2. The minimum Gasteiger partial charge on any atom is -0.332 e. The summed E-state index contributed by atoms with van der Waals surface area (Å²) in [5, 5.41) is 8.29. The van der Waals surface area contributed by atoms with E-state index in [9.17, 15) is 0 Å². The van der Waals surface area contributed by atoms with Gasteiger partial charge in [-0.2, -0.15) is 0 Å². The molecule has 2 aromatic rings. The summed E-state index contributed by atoms with van der Waals surface area (Å²) >= 11 is 23.0. The molecule has 0 unspecified atom stereocenters. The molecule has 0 radical (unpaired) electrons. The van der Waals surface area contributed by atoms with Gasteiger partial charge in [-0.05, 0) is 61.1 Å². The Morgan fingerprint density at radius 1 is 0.950 bits per heavy atom. The molecule has 0 aromatic heterocycles. The minimum atomic E-state index is 0.466. The van der Waals surface area contributed by atoms with Crippen molar-refractivity contribution in [3.05, 3.63) is 57.0 Å². The number of aryl methyl sites for hydroxylation is 1. The van der Waals surface area contributed by atoms with Gasteiger partial charge in [0.05, 0.1) is 10.0 Å². The number of hydrogen-bond donors (Lipinski definition) is 2. The maximum Gasteiger partial charge on any atom is 0.175 e. The van der Waals surface area contributed by atoms with Crippen LogP contribution >= 0.6 is 47.0 Å². The van der Waals surface area contributed by atoms with Crippen LogP contribution in [0.5, 0.6) is 0 Å². The lowest BCUT2D eigenvalue weighted by Crippen LogP contribution is -2.19. The number of hydrogen-bond acceptors (Lipinski definition) is 1. The van der Waals surface area contributed by atoms with Crippen LogP contribution in [0.4, 0.5) is 11.4 Å². The molecular formula is C14H11Cl3N2S. The Bertz CT molecular complexity index is 659. The largest absolute Gasteiger partial charge is 0.332 e. The van der Waals surface area contributed by atoms with Gasteiger partial charge in [-0.1, -0.05) is 34.8 Å². The summed E-state index contributed by atoms with van der Waals surface area (Å²) in [6, 6.07) is 10.8. The van der Waals surface area contributed by atoms with Gasteiger partial charge in [0, 0.05) is 16.4 Å². The fourth-order valence-electron chi connectivity index (χ4n) is 1.63. The quantitative estimate of drug-likeness (QED) is 0.676. The van der Waals surface area contributed by atoms with Gasteiger partial charge in [0.1, 0.15) is 0 Å². The number of nitrogens with one attached hydrogen (secondary N) is 2. The highest BCUT2D eigenvalue weighted by Gasteiger charge is 2.04. The van der Waals surface area contributed by atoms with Gasteiger partial charge in [0.15, 0.2) is 5.11 Å². The third-order valence-electron chi connectivity index (χ3n) is 2.61. The van der Waals surface area contributed by atoms with Crippen molar-refractivity contribution < 1.29 is 0 Å². The standard InChI is InChI=1S/C14H11Cl3N2S/c1-8-6-9(15)2-5-13(8)19-14(20)18-10-3-4-11(16)12(17)7-10/h2-7H,1H3,(H2,18,19,20). The van der Waals surface area contributed by atoms with Crippen molar-refractivity contribution >= 4 is 63.5 Å². The monoisotopic (exact) mass is 344 g/mol. The molecule has 6 heteroatoms. The van der Waals surface area contributed by atoms with Gasteiger partial charge in [-0.25, -0.2) is 0 Å². The van der Waals surface area contributed by atoms with Gasteiger partial charge in [-0.15, -0.1) is 0 Å². The molecule has 2 N–H and O–H groups in total. The molecule has 0 aliphatic rings. The van der Waals surface area contributed by atoms with Crippen molar-refractivity contribution in [2.75, 3.05) is 10.6 Å². The van der Waals surface area contributed by atoms with E-state index in [2.05, 4.69) is 10.6 Å². The first-order valence-electron chi connectivity index (χ1n) is 5.75. The topological polar surface area (TPSA) is 24.1 Å². The van der Waals surface area contributed by atoms with Gasteiger partial charge in [-0.3, -0.25) is 0 Å². The van der Waals surface area contributed by atoms with Crippen LogP contribution in [0.15, 0.2) is 36.4 Å². The van der Waals surface area contributed by atoms with Gasteiger partial charge >= 0.3 is 0 Å². The molecule has 0 aliphatic heterocycles. The average molecular weight is 346 g/mol. The van der Waals surface area contributed by atoms with Crippen molar-refractivity contribution in [1.29, 1.82) is 0 Å². The molecule has 104 valence electrons. The van der Waals surface area contributed by atoms with Crippen molar-refractivity contribution in [3.8, 4) is 0 Å². The summed E-state index contributed by atoms with van der Waals surface area (Å²) in [7, 11) is 0. The van der Waals surface area contributed by atoms with Crippen molar-refractivity contribution in [2.24, 2.45) is 0 Å². The summed E-state index contributed by atoms with van der Waals surface area (Å²) < 4.78 is 0. The molecule has 2 aromatic carbocycles. The molecule has 0 spiro atoms. The minimum absolute atomic E-state index is 0.466. The third-order valence-corrected chi connectivity index (χ3v) is 3.79. The predicted octanol–water partition coefficient (Wildman–Crippen LogP) is 5.76. The first-order chi connectivity index (χ1) is 9.45. The van der Waals surface area contributed by atoms with Crippen LogP contribution in [-0.2, 0) is 0 Å². The molecule has 0 heterocycles.